The van der Waals surface area contributed by atoms with Crippen LogP contribution in [-0.4, -0.2) is 23.0 Å². The fraction of sp³-hybridized carbons (Fsp3) is 0.500. The van der Waals surface area contributed by atoms with Crippen molar-refractivity contribution in [1.82, 2.24) is 5.32 Å². The molecule has 4 heteroatoms. The van der Waals surface area contributed by atoms with Crippen molar-refractivity contribution < 1.29 is 14.7 Å². The zero-order valence-corrected chi connectivity index (χ0v) is 11.7. The van der Waals surface area contributed by atoms with Gasteiger partial charge < -0.3 is 10.4 Å². The standard InChI is InChI=1S/C16H21NO3/c1-11(12-5-3-2-4-6-12)15(18)17-14-9-7-13(8-10-14)16(19)20/h2-6,11,13-14H,7-10H2,1H3,(H,17,18)(H,19,20). The molecular weight excluding hydrogens is 254 g/mol. The van der Waals surface area contributed by atoms with E-state index < -0.39 is 5.97 Å². The third-order valence-corrected chi connectivity index (χ3v) is 4.12. The van der Waals surface area contributed by atoms with Crippen LogP contribution in [0.1, 0.15) is 44.1 Å². The van der Waals surface area contributed by atoms with Gasteiger partial charge in [0, 0.05) is 6.04 Å². The molecule has 1 aliphatic rings. The first-order valence-corrected chi connectivity index (χ1v) is 7.16. The Balaban J connectivity index is 1.85. The highest BCUT2D eigenvalue weighted by Crippen LogP contribution is 2.25. The van der Waals surface area contributed by atoms with Crippen LogP contribution in [0.4, 0.5) is 0 Å². The third-order valence-electron chi connectivity index (χ3n) is 4.12. The molecule has 0 aromatic heterocycles. The maximum absolute atomic E-state index is 12.2. The van der Waals surface area contributed by atoms with Crippen LogP contribution in [0, 0.1) is 5.92 Å². The van der Waals surface area contributed by atoms with E-state index >= 15 is 0 Å². The Hall–Kier alpha value is -1.84. The summed E-state index contributed by atoms with van der Waals surface area (Å²) < 4.78 is 0. The topological polar surface area (TPSA) is 66.4 Å². The molecule has 1 unspecified atom stereocenters. The molecule has 20 heavy (non-hydrogen) atoms. The minimum Gasteiger partial charge on any atom is -0.481 e. The maximum Gasteiger partial charge on any atom is 0.306 e. The fourth-order valence-corrected chi connectivity index (χ4v) is 2.70. The predicted molar refractivity (Wildman–Crippen MR) is 76.4 cm³/mol. The van der Waals surface area contributed by atoms with E-state index in [-0.39, 0.29) is 23.8 Å². The molecule has 0 radical (unpaired) electrons. The minimum absolute atomic E-state index is 0.0231. The van der Waals surface area contributed by atoms with E-state index in [4.69, 9.17) is 5.11 Å². The summed E-state index contributed by atoms with van der Waals surface area (Å²) in [7, 11) is 0. The van der Waals surface area contributed by atoms with Crippen molar-refractivity contribution >= 4 is 11.9 Å². The summed E-state index contributed by atoms with van der Waals surface area (Å²) in [6.07, 6.45) is 2.81. The molecule has 1 aromatic rings. The molecule has 2 N–H and O–H groups in total. The van der Waals surface area contributed by atoms with E-state index in [1.807, 2.05) is 37.3 Å². The normalized spacial score (nSPS) is 23.9. The largest absolute Gasteiger partial charge is 0.481 e. The lowest BCUT2D eigenvalue weighted by Crippen LogP contribution is -2.40. The van der Waals surface area contributed by atoms with Gasteiger partial charge in [-0.1, -0.05) is 30.3 Å². The van der Waals surface area contributed by atoms with Crippen LogP contribution in [0.3, 0.4) is 0 Å². The average Bonchev–Trinajstić information content (AvgIpc) is 2.48. The Morgan fingerprint density at radius 3 is 2.30 bits per heavy atom. The molecule has 0 heterocycles. The lowest BCUT2D eigenvalue weighted by atomic mass is 9.86. The molecule has 1 saturated carbocycles. The van der Waals surface area contributed by atoms with Crippen molar-refractivity contribution in [3.05, 3.63) is 35.9 Å². The quantitative estimate of drug-likeness (QED) is 0.887. The molecule has 108 valence electrons. The number of hydrogen-bond acceptors (Lipinski definition) is 2. The van der Waals surface area contributed by atoms with Gasteiger partial charge in [-0.15, -0.1) is 0 Å². The van der Waals surface area contributed by atoms with Gasteiger partial charge in [0.2, 0.25) is 5.91 Å². The Morgan fingerprint density at radius 2 is 1.75 bits per heavy atom. The first-order valence-electron chi connectivity index (χ1n) is 7.16. The van der Waals surface area contributed by atoms with E-state index in [0.717, 1.165) is 18.4 Å². The molecule has 1 atom stereocenters. The third kappa shape index (κ3) is 3.59. The monoisotopic (exact) mass is 275 g/mol. The molecule has 0 bridgehead atoms. The summed E-state index contributed by atoms with van der Waals surface area (Å²) in [5, 5.41) is 12.0. The van der Waals surface area contributed by atoms with Crippen LogP contribution in [-0.2, 0) is 9.59 Å². The molecule has 1 aromatic carbocycles. The van der Waals surface area contributed by atoms with Crippen LogP contribution in [0.15, 0.2) is 30.3 Å². The lowest BCUT2D eigenvalue weighted by Gasteiger charge is -2.27. The van der Waals surface area contributed by atoms with Crippen LogP contribution < -0.4 is 5.32 Å². The summed E-state index contributed by atoms with van der Waals surface area (Å²) in [5.74, 6) is -1.11. The van der Waals surface area contributed by atoms with Crippen molar-refractivity contribution in [3.63, 3.8) is 0 Å². The highest BCUT2D eigenvalue weighted by Gasteiger charge is 2.27. The predicted octanol–water partition coefficient (Wildman–Crippen LogP) is 2.55. The first-order chi connectivity index (χ1) is 9.58. The summed E-state index contributed by atoms with van der Waals surface area (Å²) in [6, 6.07) is 9.80. The number of nitrogens with one attached hydrogen (secondary N) is 1. The van der Waals surface area contributed by atoms with Gasteiger partial charge in [-0.2, -0.15) is 0 Å². The summed E-state index contributed by atoms with van der Waals surface area (Å²) >= 11 is 0. The molecule has 0 saturated heterocycles. The van der Waals surface area contributed by atoms with Crippen molar-refractivity contribution in [3.8, 4) is 0 Å². The lowest BCUT2D eigenvalue weighted by molar-refractivity contribution is -0.142. The molecule has 1 amide bonds. The van der Waals surface area contributed by atoms with Crippen molar-refractivity contribution in [2.75, 3.05) is 0 Å². The smallest absolute Gasteiger partial charge is 0.306 e. The van der Waals surface area contributed by atoms with Gasteiger partial charge in [0.1, 0.15) is 0 Å². The van der Waals surface area contributed by atoms with Gasteiger partial charge >= 0.3 is 5.97 Å². The maximum atomic E-state index is 12.2. The Kier molecular flexibility index (Phi) is 4.77. The van der Waals surface area contributed by atoms with Gasteiger partial charge in [-0.05, 0) is 38.2 Å². The van der Waals surface area contributed by atoms with Gasteiger partial charge in [-0.3, -0.25) is 9.59 Å². The number of carbonyl (C=O) groups excluding carboxylic acids is 1. The molecule has 2 rings (SSSR count). The number of hydrogen-bond donors (Lipinski definition) is 2. The van der Waals surface area contributed by atoms with Gasteiger partial charge in [0.15, 0.2) is 0 Å². The first kappa shape index (κ1) is 14.6. The second kappa shape index (κ2) is 6.55. The van der Waals surface area contributed by atoms with Crippen LogP contribution in [0.5, 0.6) is 0 Å². The van der Waals surface area contributed by atoms with Gasteiger partial charge in [0.25, 0.3) is 0 Å². The molecular formula is C16H21NO3. The Morgan fingerprint density at radius 1 is 1.15 bits per heavy atom. The second-order valence-corrected chi connectivity index (χ2v) is 5.53. The van der Waals surface area contributed by atoms with E-state index in [9.17, 15) is 9.59 Å². The van der Waals surface area contributed by atoms with Crippen LogP contribution in [0.25, 0.3) is 0 Å². The Labute approximate surface area is 119 Å². The van der Waals surface area contributed by atoms with Crippen LogP contribution in [0.2, 0.25) is 0 Å². The molecule has 0 spiro atoms. The number of benzene rings is 1. The number of rotatable bonds is 4. The minimum atomic E-state index is -0.715. The highest BCUT2D eigenvalue weighted by molar-refractivity contribution is 5.83. The van der Waals surface area contributed by atoms with Crippen molar-refractivity contribution in [2.24, 2.45) is 5.92 Å². The zero-order chi connectivity index (χ0) is 14.5. The summed E-state index contributed by atoms with van der Waals surface area (Å²) in [5.41, 5.74) is 1.00. The van der Waals surface area contributed by atoms with E-state index in [0.29, 0.717) is 12.8 Å². The van der Waals surface area contributed by atoms with E-state index in [1.165, 1.54) is 0 Å². The highest BCUT2D eigenvalue weighted by atomic mass is 16.4. The second-order valence-electron chi connectivity index (χ2n) is 5.53. The SMILES string of the molecule is CC(C(=O)NC1CCC(C(=O)O)CC1)c1ccccc1. The number of amides is 1. The zero-order valence-electron chi connectivity index (χ0n) is 11.7. The summed E-state index contributed by atoms with van der Waals surface area (Å²) in [6.45, 7) is 1.90. The summed E-state index contributed by atoms with van der Waals surface area (Å²) in [4.78, 5) is 23.1. The van der Waals surface area contributed by atoms with Gasteiger partial charge in [-0.25, -0.2) is 0 Å². The molecule has 1 aliphatic carbocycles. The van der Waals surface area contributed by atoms with E-state index in [1.54, 1.807) is 0 Å². The van der Waals surface area contributed by atoms with Crippen molar-refractivity contribution in [1.29, 1.82) is 0 Å². The number of carboxylic acids is 1. The molecule has 4 nitrogen and oxygen atoms in total. The Bertz CT molecular complexity index is 464. The van der Waals surface area contributed by atoms with Crippen LogP contribution >= 0.6 is 0 Å². The fourth-order valence-electron chi connectivity index (χ4n) is 2.70. The van der Waals surface area contributed by atoms with E-state index in [2.05, 4.69) is 5.32 Å². The molecule has 0 aliphatic heterocycles. The number of carboxylic acid groups (broad SMARTS) is 1. The van der Waals surface area contributed by atoms with Gasteiger partial charge in [0.05, 0.1) is 11.8 Å². The van der Waals surface area contributed by atoms with Crippen molar-refractivity contribution in [2.45, 2.75) is 44.6 Å². The molecule has 1 fully saturated rings. The number of carbonyl (C=O) groups is 2. The number of aliphatic carboxylic acids is 1. The average molecular weight is 275 g/mol.